The van der Waals surface area contributed by atoms with Crippen molar-refractivity contribution in [1.82, 2.24) is 9.55 Å². The number of rotatable bonds is 3. The number of morpholine rings is 1. The van der Waals surface area contributed by atoms with Crippen LogP contribution < -0.4 is 4.90 Å². The molecule has 88 valence electrons. The highest BCUT2D eigenvalue weighted by molar-refractivity contribution is 5.68. The maximum Gasteiger partial charge on any atom is 0.305 e. The van der Waals surface area contributed by atoms with Gasteiger partial charge in [0.25, 0.3) is 0 Å². The number of ether oxygens (including phenoxy) is 1. The lowest BCUT2D eigenvalue weighted by atomic mass is 10.1. The number of aliphatic carboxylic acids is 1. The average Bonchev–Trinajstić information content (AvgIpc) is 2.64. The van der Waals surface area contributed by atoms with Gasteiger partial charge in [0.15, 0.2) is 0 Å². The van der Waals surface area contributed by atoms with Gasteiger partial charge in [0.05, 0.1) is 25.7 Å². The number of hydrogen-bond donors (Lipinski definition) is 1. The smallest absolute Gasteiger partial charge is 0.305 e. The van der Waals surface area contributed by atoms with Crippen LogP contribution in [0.15, 0.2) is 12.4 Å². The molecule has 2 rings (SSSR count). The Kier molecular flexibility index (Phi) is 3.09. The lowest BCUT2D eigenvalue weighted by Crippen LogP contribution is -2.47. The molecule has 1 saturated heterocycles. The number of hydrogen-bond acceptors (Lipinski definition) is 4. The second kappa shape index (κ2) is 4.52. The molecule has 1 N–H and O–H groups in total. The van der Waals surface area contributed by atoms with Crippen molar-refractivity contribution in [3.63, 3.8) is 0 Å². The van der Waals surface area contributed by atoms with Crippen molar-refractivity contribution in [2.24, 2.45) is 7.05 Å². The highest BCUT2D eigenvalue weighted by Gasteiger charge is 2.27. The Balaban J connectivity index is 2.16. The Morgan fingerprint density at radius 3 is 3.19 bits per heavy atom. The molecule has 6 heteroatoms. The van der Waals surface area contributed by atoms with Crippen LogP contribution in [0.2, 0.25) is 0 Å². The van der Waals surface area contributed by atoms with E-state index in [0.29, 0.717) is 19.8 Å². The molecule has 1 aliphatic rings. The van der Waals surface area contributed by atoms with E-state index in [4.69, 9.17) is 9.84 Å². The van der Waals surface area contributed by atoms with Gasteiger partial charge < -0.3 is 19.3 Å². The number of carbonyl (C=O) groups is 1. The average molecular weight is 225 g/mol. The van der Waals surface area contributed by atoms with Crippen LogP contribution in [-0.2, 0) is 16.6 Å². The summed E-state index contributed by atoms with van der Waals surface area (Å²) >= 11 is 0. The first-order valence-corrected chi connectivity index (χ1v) is 5.22. The van der Waals surface area contributed by atoms with Gasteiger partial charge in [0, 0.05) is 26.0 Å². The number of anilines is 1. The molecular weight excluding hydrogens is 210 g/mol. The van der Waals surface area contributed by atoms with Gasteiger partial charge >= 0.3 is 5.97 Å². The molecule has 0 amide bonds. The predicted octanol–water partition coefficient (Wildman–Crippen LogP) is 0.1000. The molecule has 0 radical (unpaired) electrons. The SMILES string of the molecule is Cn1ccnc1N1CCOCC1CC(=O)O. The van der Waals surface area contributed by atoms with Crippen molar-refractivity contribution in [1.29, 1.82) is 0 Å². The first-order valence-electron chi connectivity index (χ1n) is 5.22. The van der Waals surface area contributed by atoms with Gasteiger partial charge in [-0.1, -0.05) is 0 Å². The highest BCUT2D eigenvalue weighted by Crippen LogP contribution is 2.18. The second-order valence-corrected chi connectivity index (χ2v) is 3.86. The summed E-state index contributed by atoms with van der Waals surface area (Å²) in [4.78, 5) is 17.0. The summed E-state index contributed by atoms with van der Waals surface area (Å²) in [5.74, 6) is -0.00995. The van der Waals surface area contributed by atoms with Crippen LogP contribution in [0.4, 0.5) is 5.95 Å². The highest BCUT2D eigenvalue weighted by atomic mass is 16.5. The molecule has 1 unspecified atom stereocenters. The van der Waals surface area contributed by atoms with E-state index in [1.54, 1.807) is 6.20 Å². The summed E-state index contributed by atoms with van der Waals surface area (Å²) in [6, 6.07) is -0.132. The molecule has 0 spiro atoms. The quantitative estimate of drug-likeness (QED) is 0.790. The van der Waals surface area contributed by atoms with Gasteiger partial charge in [-0.25, -0.2) is 4.98 Å². The standard InChI is InChI=1S/C10H15N3O3/c1-12-3-2-11-10(12)13-4-5-16-7-8(13)6-9(14)15/h2-3,8H,4-7H2,1H3,(H,14,15). The topological polar surface area (TPSA) is 67.6 Å². The number of imidazole rings is 1. The van der Waals surface area contributed by atoms with Gasteiger partial charge in [0.1, 0.15) is 0 Å². The number of nitrogens with zero attached hydrogens (tertiary/aromatic N) is 3. The number of aryl methyl sites for hydroxylation is 1. The Bertz CT molecular complexity index is 377. The lowest BCUT2D eigenvalue weighted by Gasteiger charge is -2.35. The van der Waals surface area contributed by atoms with Crippen LogP contribution in [0.5, 0.6) is 0 Å². The maximum atomic E-state index is 10.8. The van der Waals surface area contributed by atoms with Crippen molar-refractivity contribution in [2.45, 2.75) is 12.5 Å². The summed E-state index contributed by atoms with van der Waals surface area (Å²) in [6.07, 6.45) is 3.64. The van der Waals surface area contributed by atoms with E-state index in [0.717, 1.165) is 5.95 Å². The van der Waals surface area contributed by atoms with Crippen molar-refractivity contribution < 1.29 is 14.6 Å². The van der Waals surface area contributed by atoms with E-state index >= 15 is 0 Å². The Hall–Kier alpha value is -1.56. The summed E-state index contributed by atoms with van der Waals surface area (Å²) < 4.78 is 7.20. The molecule has 6 nitrogen and oxygen atoms in total. The molecule has 1 fully saturated rings. The molecule has 0 saturated carbocycles. The van der Waals surface area contributed by atoms with Crippen molar-refractivity contribution in [3.8, 4) is 0 Å². The summed E-state index contributed by atoms with van der Waals surface area (Å²) in [6.45, 7) is 1.74. The number of aromatic nitrogens is 2. The van der Waals surface area contributed by atoms with Gasteiger partial charge in [-0.05, 0) is 0 Å². The normalized spacial score (nSPS) is 21.1. The van der Waals surface area contributed by atoms with E-state index in [-0.39, 0.29) is 12.5 Å². The predicted molar refractivity (Wildman–Crippen MR) is 57.4 cm³/mol. The Labute approximate surface area is 93.4 Å². The van der Waals surface area contributed by atoms with Gasteiger partial charge in [-0.2, -0.15) is 0 Å². The van der Waals surface area contributed by atoms with E-state index in [1.807, 2.05) is 22.7 Å². The Morgan fingerprint density at radius 1 is 1.75 bits per heavy atom. The van der Waals surface area contributed by atoms with E-state index in [2.05, 4.69) is 4.98 Å². The fourth-order valence-corrected chi connectivity index (χ4v) is 1.92. The molecule has 1 aromatic rings. The van der Waals surface area contributed by atoms with Crippen LogP contribution in [0.25, 0.3) is 0 Å². The van der Waals surface area contributed by atoms with Crippen molar-refractivity contribution in [2.75, 3.05) is 24.7 Å². The first-order chi connectivity index (χ1) is 7.68. The third-order valence-electron chi connectivity index (χ3n) is 2.69. The molecular formula is C10H15N3O3. The van der Waals surface area contributed by atoms with Crippen molar-refractivity contribution >= 4 is 11.9 Å². The fourth-order valence-electron chi connectivity index (χ4n) is 1.92. The van der Waals surface area contributed by atoms with Crippen LogP contribution in [0, 0.1) is 0 Å². The van der Waals surface area contributed by atoms with Crippen LogP contribution >= 0.6 is 0 Å². The third-order valence-corrected chi connectivity index (χ3v) is 2.69. The molecule has 2 heterocycles. The number of carboxylic acid groups (broad SMARTS) is 1. The molecule has 1 aromatic heterocycles. The second-order valence-electron chi connectivity index (χ2n) is 3.86. The Morgan fingerprint density at radius 2 is 2.56 bits per heavy atom. The zero-order valence-corrected chi connectivity index (χ0v) is 9.17. The maximum absolute atomic E-state index is 10.8. The minimum absolute atomic E-state index is 0.0762. The van der Waals surface area contributed by atoms with Crippen LogP contribution in [-0.4, -0.2) is 46.4 Å². The summed E-state index contributed by atoms with van der Waals surface area (Å²) in [5, 5.41) is 8.84. The summed E-state index contributed by atoms with van der Waals surface area (Å²) in [5.41, 5.74) is 0. The van der Waals surface area contributed by atoms with Crippen LogP contribution in [0.1, 0.15) is 6.42 Å². The number of carboxylic acids is 1. The van der Waals surface area contributed by atoms with Gasteiger partial charge in [0.2, 0.25) is 5.95 Å². The minimum Gasteiger partial charge on any atom is -0.481 e. The minimum atomic E-state index is -0.810. The van der Waals surface area contributed by atoms with E-state index < -0.39 is 5.97 Å². The zero-order valence-electron chi connectivity index (χ0n) is 9.17. The van der Waals surface area contributed by atoms with E-state index in [1.165, 1.54) is 0 Å². The molecule has 1 atom stereocenters. The zero-order chi connectivity index (χ0) is 11.5. The monoisotopic (exact) mass is 225 g/mol. The van der Waals surface area contributed by atoms with Crippen LogP contribution in [0.3, 0.4) is 0 Å². The molecule has 16 heavy (non-hydrogen) atoms. The van der Waals surface area contributed by atoms with Crippen molar-refractivity contribution in [3.05, 3.63) is 12.4 Å². The molecule has 0 bridgehead atoms. The summed E-state index contributed by atoms with van der Waals surface area (Å²) in [7, 11) is 1.90. The van der Waals surface area contributed by atoms with Gasteiger partial charge in [-0.15, -0.1) is 0 Å². The molecule has 0 aromatic carbocycles. The van der Waals surface area contributed by atoms with Gasteiger partial charge in [-0.3, -0.25) is 4.79 Å². The first kappa shape index (κ1) is 10.9. The van der Waals surface area contributed by atoms with E-state index in [9.17, 15) is 4.79 Å². The fraction of sp³-hybridized carbons (Fsp3) is 0.600. The molecule has 1 aliphatic heterocycles. The largest absolute Gasteiger partial charge is 0.481 e. The molecule has 0 aliphatic carbocycles. The third kappa shape index (κ3) is 2.16. The lowest BCUT2D eigenvalue weighted by molar-refractivity contribution is -0.138.